The summed E-state index contributed by atoms with van der Waals surface area (Å²) in [4.78, 5) is 22.4. The Balaban J connectivity index is 1.96. The van der Waals surface area contributed by atoms with Crippen LogP contribution >= 0.6 is 0 Å². The van der Waals surface area contributed by atoms with Crippen molar-refractivity contribution < 1.29 is 4.79 Å². The highest BCUT2D eigenvalue weighted by Gasteiger charge is 2.25. The summed E-state index contributed by atoms with van der Waals surface area (Å²) in [6.45, 7) is 9.32. The van der Waals surface area contributed by atoms with Gasteiger partial charge in [0, 0.05) is 26.2 Å². The van der Waals surface area contributed by atoms with Gasteiger partial charge in [-0.25, -0.2) is 9.67 Å². The number of hydrogen-bond acceptors (Lipinski definition) is 4. The molecular formula is C22H27N5O. The molecule has 6 heteroatoms. The number of nitrogens with zero attached hydrogens (tertiary/aromatic N) is 5. The van der Waals surface area contributed by atoms with Crippen molar-refractivity contribution in [2.75, 3.05) is 31.1 Å². The van der Waals surface area contributed by atoms with Crippen LogP contribution in [0.5, 0.6) is 0 Å². The van der Waals surface area contributed by atoms with Crippen molar-refractivity contribution in [2.45, 2.75) is 33.6 Å². The minimum Gasteiger partial charge on any atom is -0.357 e. The fourth-order valence-electron chi connectivity index (χ4n) is 3.98. The van der Waals surface area contributed by atoms with Gasteiger partial charge in [0.05, 0.1) is 22.3 Å². The second kappa shape index (κ2) is 7.62. The molecule has 3 heterocycles. The molecule has 0 spiro atoms. The summed E-state index contributed by atoms with van der Waals surface area (Å²) in [6.07, 6.45) is 2.33. The largest absolute Gasteiger partial charge is 0.357 e. The molecule has 3 aromatic rings. The molecule has 0 bridgehead atoms. The standard InChI is InChI=1S/C22H27N5O/c1-4-25(5-2)22(28)18-15-19(26-13-9-10-14-26)23-21-20(18)16(3)24-27(21)17-11-7-6-8-12-17/h6-8,11-12,15H,4-5,9-10,13-14H2,1-3H3. The molecule has 146 valence electrons. The number of carbonyl (C=O) groups is 1. The maximum Gasteiger partial charge on any atom is 0.254 e. The fraction of sp³-hybridized carbons (Fsp3) is 0.409. The Kier molecular flexibility index (Phi) is 5.03. The van der Waals surface area contributed by atoms with Crippen LogP contribution in [0, 0.1) is 6.92 Å². The van der Waals surface area contributed by atoms with E-state index in [1.165, 1.54) is 0 Å². The van der Waals surface area contributed by atoms with E-state index in [2.05, 4.69) is 4.90 Å². The van der Waals surface area contributed by atoms with Crippen LogP contribution in [0.2, 0.25) is 0 Å². The number of fused-ring (bicyclic) bond motifs is 1. The number of aryl methyl sites for hydroxylation is 1. The molecule has 0 unspecified atom stereocenters. The van der Waals surface area contributed by atoms with Gasteiger partial charge in [-0.05, 0) is 51.8 Å². The first-order chi connectivity index (χ1) is 13.6. The minimum absolute atomic E-state index is 0.0496. The van der Waals surface area contributed by atoms with Crippen molar-refractivity contribution in [1.29, 1.82) is 0 Å². The fourth-order valence-corrected chi connectivity index (χ4v) is 3.98. The number of anilines is 1. The molecule has 2 aromatic heterocycles. The predicted octanol–water partition coefficient (Wildman–Crippen LogP) is 3.81. The molecule has 0 N–H and O–H groups in total. The summed E-state index contributed by atoms with van der Waals surface area (Å²) < 4.78 is 1.86. The van der Waals surface area contributed by atoms with Gasteiger partial charge in [-0.15, -0.1) is 0 Å². The SMILES string of the molecule is CCN(CC)C(=O)c1cc(N2CCCC2)nc2c1c(C)nn2-c1ccccc1. The molecular weight excluding hydrogens is 350 g/mol. The summed E-state index contributed by atoms with van der Waals surface area (Å²) in [6, 6.07) is 12.0. The number of hydrogen-bond donors (Lipinski definition) is 0. The Morgan fingerprint density at radius 2 is 1.79 bits per heavy atom. The van der Waals surface area contributed by atoms with Crippen molar-refractivity contribution in [2.24, 2.45) is 0 Å². The molecule has 1 aliphatic heterocycles. The molecule has 1 saturated heterocycles. The van der Waals surface area contributed by atoms with Crippen LogP contribution in [0.25, 0.3) is 16.7 Å². The lowest BCUT2D eigenvalue weighted by Crippen LogP contribution is -2.31. The maximum atomic E-state index is 13.3. The van der Waals surface area contributed by atoms with E-state index >= 15 is 0 Å². The van der Waals surface area contributed by atoms with Crippen molar-refractivity contribution in [3.63, 3.8) is 0 Å². The zero-order valence-electron chi connectivity index (χ0n) is 16.9. The number of pyridine rings is 1. The Bertz CT molecular complexity index is 985. The van der Waals surface area contributed by atoms with Gasteiger partial charge >= 0.3 is 0 Å². The van der Waals surface area contributed by atoms with E-state index in [0.717, 1.165) is 54.2 Å². The quantitative estimate of drug-likeness (QED) is 0.678. The van der Waals surface area contributed by atoms with Gasteiger partial charge in [0.1, 0.15) is 5.82 Å². The van der Waals surface area contributed by atoms with E-state index in [1.807, 2.05) is 66.8 Å². The van der Waals surface area contributed by atoms with E-state index in [-0.39, 0.29) is 5.91 Å². The topological polar surface area (TPSA) is 54.3 Å². The van der Waals surface area contributed by atoms with Crippen molar-refractivity contribution in [3.05, 3.63) is 47.7 Å². The summed E-state index contributed by atoms with van der Waals surface area (Å²) >= 11 is 0. The van der Waals surface area contributed by atoms with Crippen LogP contribution in [0.1, 0.15) is 42.7 Å². The van der Waals surface area contributed by atoms with Crippen LogP contribution in [0.15, 0.2) is 36.4 Å². The van der Waals surface area contributed by atoms with Crippen molar-refractivity contribution in [3.8, 4) is 5.69 Å². The first kappa shape index (κ1) is 18.5. The third kappa shape index (κ3) is 3.13. The van der Waals surface area contributed by atoms with Crippen LogP contribution in [-0.4, -0.2) is 51.8 Å². The van der Waals surface area contributed by atoms with Crippen LogP contribution in [0.4, 0.5) is 5.82 Å². The molecule has 0 atom stereocenters. The van der Waals surface area contributed by atoms with Gasteiger partial charge in [-0.3, -0.25) is 4.79 Å². The maximum absolute atomic E-state index is 13.3. The number of benzene rings is 1. The second-order valence-electron chi connectivity index (χ2n) is 7.23. The monoisotopic (exact) mass is 377 g/mol. The van der Waals surface area contributed by atoms with Gasteiger partial charge in [0.15, 0.2) is 5.65 Å². The Hall–Kier alpha value is -2.89. The Morgan fingerprint density at radius 3 is 2.43 bits per heavy atom. The number of carbonyl (C=O) groups excluding carboxylic acids is 1. The van der Waals surface area contributed by atoms with Gasteiger partial charge in [-0.1, -0.05) is 18.2 Å². The van der Waals surface area contributed by atoms with Crippen LogP contribution < -0.4 is 4.90 Å². The summed E-state index contributed by atoms with van der Waals surface area (Å²) in [5.74, 6) is 0.922. The normalized spacial score (nSPS) is 14.0. The molecule has 1 aliphatic rings. The number of rotatable bonds is 5. The third-order valence-electron chi connectivity index (χ3n) is 5.51. The summed E-state index contributed by atoms with van der Waals surface area (Å²) in [5.41, 5.74) is 3.24. The van der Waals surface area contributed by atoms with Gasteiger partial charge in [0.25, 0.3) is 5.91 Å². The number of amides is 1. The zero-order chi connectivity index (χ0) is 19.7. The molecule has 4 rings (SSSR count). The first-order valence-corrected chi connectivity index (χ1v) is 10.1. The van der Waals surface area contributed by atoms with Crippen LogP contribution in [0.3, 0.4) is 0 Å². The van der Waals surface area contributed by atoms with Crippen molar-refractivity contribution in [1.82, 2.24) is 19.7 Å². The van der Waals surface area contributed by atoms with Crippen molar-refractivity contribution >= 4 is 22.8 Å². The Labute approximate surface area is 165 Å². The lowest BCUT2D eigenvalue weighted by Gasteiger charge is -2.22. The lowest BCUT2D eigenvalue weighted by atomic mass is 10.1. The molecule has 28 heavy (non-hydrogen) atoms. The lowest BCUT2D eigenvalue weighted by molar-refractivity contribution is 0.0775. The highest BCUT2D eigenvalue weighted by Crippen LogP contribution is 2.30. The molecule has 1 aromatic carbocycles. The molecule has 1 fully saturated rings. The minimum atomic E-state index is 0.0496. The van der Waals surface area contributed by atoms with E-state index < -0.39 is 0 Å². The molecule has 0 saturated carbocycles. The predicted molar refractivity (Wildman–Crippen MR) is 112 cm³/mol. The van der Waals surface area contributed by atoms with E-state index in [0.29, 0.717) is 18.7 Å². The highest BCUT2D eigenvalue weighted by atomic mass is 16.2. The third-order valence-corrected chi connectivity index (χ3v) is 5.51. The number of para-hydroxylation sites is 1. The zero-order valence-corrected chi connectivity index (χ0v) is 16.9. The first-order valence-electron chi connectivity index (χ1n) is 10.1. The van der Waals surface area contributed by atoms with E-state index in [9.17, 15) is 4.79 Å². The van der Waals surface area contributed by atoms with E-state index in [4.69, 9.17) is 10.1 Å². The average molecular weight is 377 g/mol. The summed E-state index contributed by atoms with van der Waals surface area (Å²) in [7, 11) is 0. The van der Waals surface area contributed by atoms with Gasteiger partial charge < -0.3 is 9.80 Å². The molecule has 6 nitrogen and oxygen atoms in total. The highest BCUT2D eigenvalue weighted by molar-refractivity contribution is 6.07. The second-order valence-corrected chi connectivity index (χ2v) is 7.23. The van der Waals surface area contributed by atoms with E-state index in [1.54, 1.807) is 0 Å². The average Bonchev–Trinajstić information content (AvgIpc) is 3.37. The van der Waals surface area contributed by atoms with Gasteiger partial charge in [0.2, 0.25) is 0 Å². The molecule has 0 radical (unpaired) electrons. The Morgan fingerprint density at radius 1 is 1.11 bits per heavy atom. The van der Waals surface area contributed by atoms with Crippen LogP contribution in [-0.2, 0) is 0 Å². The summed E-state index contributed by atoms with van der Waals surface area (Å²) in [5, 5.41) is 5.60. The number of aromatic nitrogens is 3. The smallest absolute Gasteiger partial charge is 0.254 e. The molecule has 0 aliphatic carbocycles. The van der Waals surface area contributed by atoms with Gasteiger partial charge in [-0.2, -0.15) is 5.10 Å². The molecule has 1 amide bonds.